The Morgan fingerprint density at radius 3 is 2.23 bits per heavy atom. The lowest BCUT2D eigenvalue weighted by Gasteiger charge is -2.30. The van der Waals surface area contributed by atoms with Gasteiger partial charge >= 0.3 is 29.2 Å². The van der Waals surface area contributed by atoms with Crippen LogP contribution in [0.2, 0.25) is 0 Å². The number of hydrogen-bond donors (Lipinski definition) is 7. The Bertz CT molecular complexity index is 1090. The summed E-state index contributed by atoms with van der Waals surface area (Å²) in [4.78, 5) is 60.8. The number of aromatic amines is 1. The second-order valence-corrected chi connectivity index (χ2v) is 11.2. The predicted molar refractivity (Wildman–Crippen MR) is 96.3 cm³/mol. The van der Waals surface area contributed by atoms with Crippen LogP contribution >= 0.6 is 23.5 Å². The largest absolute Gasteiger partial charge is 0.490 e. The van der Waals surface area contributed by atoms with Crippen LogP contribution in [0.1, 0.15) is 20.1 Å². The predicted octanol–water partition coefficient (Wildman–Crippen LogP) is -1.72. The fourth-order valence-electron chi connectivity index (χ4n) is 2.77. The van der Waals surface area contributed by atoms with Crippen molar-refractivity contribution < 1.29 is 61.4 Å². The Labute approximate surface area is 172 Å². The second kappa shape index (κ2) is 8.39. The standard InChI is InChI=1S/C11H19N2O15P3/c1-10(5-25-30(21,22)28-31(23,24)27-29(18,19)20)7(15)11(2,17)8(26-10)13-4-3-6(14)12-9(13)16/h3-4,7-8,15,17H,5H2,1-2H3,(H,21,22)(H,23,24)(H,12,14,16)(H2,18,19,20). The first-order valence-electron chi connectivity index (χ1n) is 7.96. The van der Waals surface area contributed by atoms with Gasteiger partial charge in [-0.1, -0.05) is 0 Å². The third kappa shape index (κ3) is 6.27. The van der Waals surface area contributed by atoms with Crippen molar-refractivity contribution in [1.29, 1.82) is 0 Å². The molecule has 1 aliphatic heterocycles. The molecular weight excluding hydrogens is 493 g/mol. The topological polar surface area (TPSA) is 264 Å². The van der Waals surface area contributed by atoms with Gasteiger partial charge in [0.1, 0.15) is 17.3 Å². The number of phosphoric acid groups is 3. The van der Waals surface area contributed by atoms with E-state index in [4.69, 9.17) is 19.4 Å². The maximum Gasteiger partial charge on any atom is 0.490 e. The Balaban J connectivity index is 2.22. The van der Waals surface area contributed by atoms with Gasteiger partial charge in [0.2, 0.25) is 0 Å². The number of rotatable bonds is 8. The monoisotopic (exact) mass is 512 g/mol. The third-order valence-corrected chi connectivity index (χ3v) is 7.83. The molecule has 0 aromatic carbocycles. The minimum Gasteiger partial charge on any atom is -0.387 e. The summed E-state index contributed by atoms with van der Waals surface area (Å²) in [6.45, 7) is 1.03. The second-order valence-electron chi connectivity index (χ2n) is 6.79. The molecular formula is C11H19N2O15P3. The lowest BCUT2D eigenvalue weighted by atomic mass is 9.89. The first-order chi connectivity index (χ1) is 13.8. The molecule has 0 saturated carbocycles. The molecule has 1 aliphatic rings. The number of ether oxygens (including phenoxy) is 1. The number of hydrogen-bond acceptors (Lipinski definition) is 11. The smallest absolute Gasteiger partial charge is 0.387 e. The number of nitrogens with zero attached hydrogens (tertiary/aromatic N) is 1. The van der Waals surface area contributed by atoms with Crippen LogP contribution in [0.4, 0.5) is 0 Å². The molecule has 1 aromatic rings. The highest BCUT2D eigenvalue weighted by Crippen LogP contribution is 2.66. The van der Waals surface area contributed by atoms with Crippen molar-refractivity contribution in [3.8, 4) is 0 Å². The fraction of sp³-hybridized carbons (Fsp3) is 0.636. The summed E-state index contributed by atoms with van der Waals surface area (Å²) < 4.78 is 51.6. The normalized spacial score (nSPS) is 33.0. The van der Waals surface area contributed by atoms with Gasteiger partial charge in [-0.25, -0.2) is 18.5 Å². The van der Waals surface area contributed by atoms with Crippen LogP contribution in [-0.4, -0.2) is 63.3 Å². The molecule has 0 amide bonds. The quantitative estimate of drug-likeness (QED) is 0.191. The van der Waals surface area contributed by atoms with Crippen molar-refractivity contribution in [3.63, 3.8) is 0 Å². The Morgan fingerprint density at radius 2 is 1.71 bits per heavy atom. The highest BCUT2D eigenvalue weighted by Gasteiger charge is 2.60. The number of nitrogens with one attached hydrogen (secondary N) is 1. The van der Waals surface area contributed by atoms with Crippen LogP contribution < -0.4 is 11.2 Å². The van der Waals surface area contributed by atoms with E-state index in [1.165, 1.54) is 0 Å². The van der Waals surface area contributed by atoms with Crippen molar-refractivity contribution in [1.82, 2.24) is 9.55 Å². The first kappa shape index (κ1) is 26.2. The zero-order chi connectivity index (χ0) is 24.0. The van der Waals surface area contributed by atoms with E-state index in [1.54, 1.807) is 0 Å². The van der Waals surface area contributed by atoms with Crippen LogP contribution in [0.5, 0.6) is 0 Å². The Kier molecular flexibility index (Phi) is 7.10. The molecule has 0 aliphatic carbocycles. The van der Waals surface area contributed by atoms with E-state index in [0.717, 1.165) is 30.7 Å². The molecule has 0 radical (unpaired) electrons. The van der Waals surface area contributed by atoms with E-state index >= 15 is 0 Å². The zero-order valence-electron chi connectivity index (χ0n) is 15.7. The van der Waals surface area contributed by atoms with Gasteiger partial charge in [0.25, 0.3) is 5.56 Å². The molecule has 20 heteroatoms. The number of H-pyrrole nitrogens is 1. The zero-order valence-corrected chi connectivity index (χ0v) is 18.3. The minimum absolute atomic E-state index is 0.723. The van der Waals surface area contributed by atoms with E-state index in [-0.39, 0.29) is 0 Å². The van der Waals surface area contributed by atoms with Crippen LogP contribution in [0.3, 0.4) is 0 Å². The molecule has 1 fully saturated rings. The van der Waals surface area contributed by atoms with E-state index in [9.17, 15) is 38.4 Å². The van der Waals surface area contributed by atoms with Gasteiger partial charge in [0, 0.05) is 12.3 Å². The summed E-state index contributed by atoms with van der Waals surface area (Å²) in [6, 6.07) is 0.926. The average molecular weight is 512 g/mol. The van der Waals surface area contributed by atoms with Crippen molar-refractivity contribution in [3.05, 3.63) is 33.1 Å². The first-order valence-corrected chi connectivity index (χ1v) is 12.5. The van der Waals surface area contributed by atoms with Crippen LogP contribution in [0, 0.1) is 0 Å². The highest BCUT2D eigenvalue weighted by molar-refractivity contribution is 7.66. The van der Waals surface area contributed by atoms with Crippen LogP contribution in [-0.2, 0) is 31.6 Å². The van der Waals surface area contributed by atoms with Crippen LogP contribution in [0.25, 0.3) is 0 Å². The molecule has 6 atom stereocenters. The van der Waals surface area contributed by atoms with Crippen molar-refractivity contribution in [2.75, 3.05) is 6.61 Å². The van der Waals surface area contributed by atoms with E-state index in [1.807, 2.05) is 4.98 Å². The molecule has 0 spiro atoms. The van der Waals surface area contributed by atoms with Crippen molar-refractivity contribution in [2.24, 2.45) is 0 Å². The van der Waals surface area contributed by atoms with Crippen LogP contribution in [0.15, 0.2) is 21.9 Å². The number of phosphoric ester groups is 1. The molecule has 0 bridgehead atoms. The van der Waals surface area contributed by atoms with Gasteiger partial charge in [-0.2, -0.15) is 8.62 Å². The highest BCUT2D eigenvalue weighted by atomic mass is 31.3. The van der Waals surface area contributed by atoms with E-state index < -0.39 is 64.9 Å². The SMILES string of the molecule is CC1(COP(=O)(O)OP(=O)(O)OP(=O)(O)O)OC(n2ccc(=O)[nH]c2=O)C(C)(O)C1O. The average Bonchev–Trinajstić information content (AvgIpc) is 2.71. The summed E-state index contributed by atoms with van der Waals surface area (Å²) in [6.07, 6.45) is -2.56. The maximum atomic E-state index is 12.0. The third-order valence-electron chi connectivity index (χ3n) is 4.05. The molecule has 17 nitrogen and oxygen atoms in total. The molecule has 1 saturated heterocycles. The molecule has 2 rings (SSSR count). The number of aromatic nitrogens is 2. The Morgan fingerprint density at radius 1 is 1.13 bits per heavy atom. The summed E-state index contributed by atoms with van der Waals surface area (Å²) in [5, 5.41) is 21.1. The van der Waals surface area contributed by atoms with Gasteiger partial charge in [-0.05, 0) is 13.8 Å². The molecule has 178 valence electrons. The van der Waals surface area contributed by atoms with Gasteiger partial charge in [-0.15, -0.1) is 0 Å². The fourth-order valence-corrected chi connectivity index (χ4v) is 5.88. The molecule has 31 heavy (non-hydrogen) atoms. The number of aliphatic hydroxyl groups is 2. The lowest BCUT2D eigenvalue weighted by molar-refractivity contribution is -0.121. The summed E-state index contributed by atoms with van der Waals surface area (Å²) in [5.74, 6) is 0. The molecule has 7 N–H and O–H groups in total. The molecule has 6 unspecified atom stereocenters. The summed E-state index contributed by atoms with van der Waals surface area (Å²) in [5.41, 5.74) is -6.01. The van der Waals surface area contributed by atoms with E-state index in [0.29, 0.717) is 0 Å². The van der Waals surface area contributed by atoms with E-state index in [2.05, 4.69) is 13.1 Å². The van der Waals surface area contributed by atoms with Crippen molar-refractivity contribution in [2.45, 2.75) is 37.4 Å². The summed E-state index contributed by atoms with van der Waals surface area (Å²) in [7, 11) is -16.9. The van der Waals surface area contributed by atoms with Gasteiger partial charge in [0.05, 0.1) is 6.61 Å². The van der Waals surface area contributed by atoms with Gasteiger partial charge < -0.3 is 34.5 Å². The molecule has 2 heterocycles. The van der Waals surface area contributed by atoms with Gasteiger partial charge in [-0.3, -0.25) is 18.9 Å². The minimum atomic E-state index is -5.76. The maximum absolute atomic E-state index is 12.0. The number of aliphatic hydroxyl groups excluding tert-OH is 1. The van der Waals surface area contributed by atoms with Crippen molar-refractivity contribution >= 4 is 23.5 Å². The van der Waals surface area contributed by atoms with Gasteiger partial charge in [0.15, 0.2) is 6.23 Å². The summed E-state index contributed by atoms with van der Waals surface area (Å²) >= 11 is 0. The lowest BCUT2D eigenvalue weighted by Crippen LogP contribution is -2.50. The Hall–Kier alpha value is -1.03. The molecule has 1 aromatic heterocycles.